The number of sulfonamides is 1. The minimum Gasteiger partial charge on any atom is -0.203 e. The van der Waals surface area contributed by atoms with Gasteiger partial charge in [0.1, 0.15) is 5.69 Å². The lowest BCUT2D eigenvalue weighted by molar-refractivity contribution is 0.145. The molecule has 0 unspecified atom stereocenters. The van der Waals surface area contributed by atoms with Crippen LogP contribution in [0.3, 0.4) is 0 Å². The van der Waals surface area contributed by atoms with E-state index in [4.69, 9.17) is 5.26 Å². The van der Waals surface area contributed by atoms with E-state index in [9.17, 15) is 17.2 Å². The summed E-state index contributed by atoms with van der Waals surface area (Å²) in [6.45, 7) is 0. The molecule has 0 aliphatic heterocycles. The van der Waals surface area contributed by atoms with E-state index in [1.807, 2.05) is 6.07 Å². The zero-order valence-electron chi connectivity index (χ0n) is 13.2. The Labute approximate surface area is 148 Å². The predicted molar refractivity (Wildman–Crippen MR) is 90.3 cm³/mol. The Bertz CT molecular complexity index is 1060. The van der Waals surface area contributed by atoms with Gasteiger partial charge in [0.05, 0.1) is 22.2 Å². The molecule has 0 radical (unpaired) electrons. The molecule has 3 rings (SSSR count). The first-order valence-electron chi connectivity index (χ1n) is 7.37. The van der Waals surface area contributed by atoms with Crippen LogP contribution in [0.2, 0.25) is 0 Å². The Hall–Kier alpha value is -3.25. The molecular weight excluding hydrogens is 362 g/mol. The minimum atomic E-state index is -4.02. The van der Waals surface area contributed by atoms with Crippen molar-refractivity contribution in [3.8, 4) is 17.3 Å². The fourth-order valence-electron chi connectivity index (χ4n) is 2.26. The summed E-state index contributed by atoms with van der Waals surface area (Å²) >= 11 is 0. The molecule has 0 aliphatic rings. The fraction of sp³-hybridized carbons (Fsp3) is 0.0588. The third kappa shape index (κ3) is 3.55. The number of alkyl halides is 2. The van der Waals surface area contributed by atoms with E-state index in [2.05, 4.69) is 9.93 Å². The molecule has 0 bridgehead atoms. The van der Waals surface area contributed by atoms with E-state index in [-0.39, 0.29) is 10.6 Å². The van der Waals surface area contributed by atoms with Gasteiger partial charge in [0.15, 0.2) is 0 Å². The van der Waals surface area contributed by atoms with Crippen molar-refractivity contribution in [1.29, 1.82) is 5.26 Å². The lowest BCUT2D eigenvalue weighted by Gasteiger charge is -2.11. The van der Waals surface area contributed by atoms with Crippen LogP contribution < -0.4 is 4.83 Å². The molecule has 0 aliphatic carbocycles. The van der Waals surface area contributed by atoms with Gasteiger partial charge in [-0.05, 0) is 30.3 Å². The normalized spacial score (nSPS) is 11.3. The van der Waals surface area contributed by atoms with Gasteiger partial charge in [-0.3, -0.25) is 0 Å². The molecule has 0 amide bonds. The summed E-state index contributed by atoms with van der Waals surface area (Å²) in [5.74, 6) is 0. The van der Waals surface area contributed by atoms with Crippen molar-refractivity contribution in [2.45, 2.75) is 11.3 Å². The highest BCUT2D eigenvalue weighted by Crippen LogP contribution is 2.26. The van der Waals surface area contributed by atoms with Crippen molar-refractivity contribution >= 4 is 10.0 Å². The summed E-state index contributed by atoms with van der Waals surface area (Å²) in [5, 5.41) is 12.5. The Balaban J connectivity index is 2.04. The number of aromatic nitrogens is 2. The smallest absolute Gasteiger partial charge is 0.203 e. The number of benzene rings is 2. The van der Waals surface area contributed by atoms with Gasteiger partial charge >= 0.3 is 0 Å². The van der Waals surface area contributed by atoms with Crippen LogP contribution in [0.5, 0.6) is 0 Å². The second-order valence-electron chi connectivity index (χ2n) is 5.26. The molecule has 132 valence electrons. The largest absolute Gasteiger partial charge is 0.282 e. The molecule has 1 aromatic heterocycles. The second kappa shape index (κ2) is 6.93. The molecule has 2 aromatic carbocycles. The summed E-state index contributed by atoms with van der Waals surface area (Å²) < 4.78 is 51.0. The maximum Gasteiger partial charge on any atom is 0.282 e. The maximum absolute atomic E-state index is 13.1. The number of rotatable bonds is 5. The molecule has 26 heavy (non-hydrogen) atoms. The first-order chi connectivity index (χ1) is 12.4. The second-order valence-corrected chi connectivity index (χ2v) is 6.92. The average molecular weight is 374 g/mol. The van der Waals surface area contributed by atoms with Crippen LogP contribution in [-0.4, -0.2) is 18.3 Å². The van der Waals surface area contributed by atoms with E-state index >= 15 is 0 Å². The van der Waals surface area contributed by atoms with E-state index in [1.54, 1.807) is 18.2 Å². The standard InChI is InChI=1S/C17H12F2N4O2S/c18-17(19)15-10-16(13-8-6-12(11-20)7-9-13)23(21-15)22-26(24,25)14-4-2-1-3-5-14/h1-10,17,22H. The van der Waals surface area contributed by atoms with E-state index in [0.29, 0.717) is 11.1 Å². The topological polar surface area (TPSA) is 87.8 Å². The van der Waals surface area contributed by atoms with Crippen molar-refractivity contribution in [2.24, 2.45) is 0 Å². The Kier molecular flexibility index (Phi) is 4.69. The third-order valence-electron chi connectivity index (χ3n) is 3.52. The van der Waals surface area contributed by atoms with Crippen molar-refractivity contribution in [3.05, 3.63) is 71.9 Å². The fourth-order valence-corrected chi connectivity index (χ4v) is 3.25. The van der Waals surface area contributed by atoms with Crippen LogP contribution in [-0.2, 0) is 10.0 Å². The Morgan fingerprint density at radius 3 is 2.31 bits per heavy atom. The van der Waals surface area contributed by atoms with Crippen molar-refractivity contribution in [1.82, 2.24) is 9.89 Å². The first-order valence-corrected chi connectivity index (χ1v) is 8.85. The molecule has 3 aromatic rings. The zero-order chi connectivity index (χ0) is 18.7. The lowest BCUT2D eigenvalue weighted by Crippen LogP contribution is -2.25. The quantitative estimate of drug-likeness (QED) is 0.742. The summed E-state index contributed by atoms with van der Waals surface area (Å²) in [6, 6.07) is 16.6. The molecule has 0 fully saturated rings. The Morgan fingerprint density at radius 2 is 1.73 bits per heavy atom. The highest BCUT2D eigenvalue weighted by atomic mass is 32.2. The molecule has 9 heteroatoms. The predicted octanol–water partition coefficient (Wildman–Crippen LogP) is 3.29. The van der Waals surface area contributed by atoms with Gasteiger partial charge in [-0.25, -0.2) is 8.78 Å². The molecule has 6 nitrogen and oxygen atoms in total. The van der Waals surface area contributed by atoms with Crippen LogP contribution in [0.25, 0.3) is 11.3 Å². The first kappa shape index (κ1) is 17.6. The summed E-state index contributed by atoms with van der Waals surface area (Å²) in [7, 11) is -4.02. The van der Waals surface area contributed by atoms with Gasteiger partial charge in [-0.1, -0.05) is 30.3 Å². The SMILES string of the molecule is N#Cc1ccc(-c2cc(C(F)F)nn2NS(=O)(=O)c2ccccc2)cc1. The van der Waals surface area contributed by atoms with Crippen molar-refractivity contribution in [2.75, 3.05) is 4.83 Å². The van der Waals surface area contributed by atoms with E-state index < -0.39 is 22.1 Å². The summed E-state index contributed by atoms with van der Waals surface area (Å²) in [4.78, 5) is 2.95. The summed E-state index contributed by atoms with van der Waals surface area (Å²) in [6.07, 6.45) is -2.87. The number of hydrogen-bond donors (Lipinski definition) is 1. The summed E-state index contributed by atoms with van der Waals surface area (Å²) in [5.41, 5.74) is 0.377. The monoisotopic (exact) mass is 374 g/mol. The number of nitriles is 1. The molecular formula is C17H12F2N4O2S. The van der Waals surface area contributed by atoms with Gasteiger partial charge in [0.2, 0.25) is 0 Å². The maximum atomic E-state index is 13.1. The molecule has 0 atom stereocenters. The van der Waals surface area contributed by atoms with Crippen LogP contribution in [0.4, 0.5) is 8.78 Å². The highest BCUT2D eigenvalue weighted by molar-refractivity contribution is 7.92. The van der Waals surface area contributed by atoms with Crippen LogP contribution in [0.15, 0.2) is 65.6 Å². The van der Waals surface area contributed by atoms with Gasteiger partial charge in [0, 0.05) is 5.56 Å². The zero-order valence-corrected chi connectivity index (χ0v) is 14.0. The number of nitrogens with one attached hydrogen (secondary N) is 1. The molecule has 1 N–H and O–H groups in total. The third-order valence-corrected chi connectivity index (χ3v) is 4.83. The van der Waals surface area contributed by atoms with Crippen molar-refractivity contribution < 1.29 is 17.2 Å². The Morgan fingerprint density at radius 1 is 1.08 bits per heavy atom. The van der Waals surface area contributed by atoms with Crippen LogP contribution >= 0.6 is 0 Å². The van der Waals surface area contributed by atoms with Gasteiger partial charge in [-0.2, -0.15) is 28.4 Å². The minimum absolute atomic E-state index is 0.0279. The molecule has 1 heterocycles. The molecule has 0 spiro atoms. The van der Waals surface area contributed by atoms with E-state index in [0.717, 1.165) is 10.9 Å². The highest BCUT2D eigenvalue weighted by Gasteiger charge is 2.21. The number of halogens is 2. The van der Waals surface area contributed by atoms with Gasteiger partial charge < -0.3 is 0 Å². The molecule has 0 saturated heterocycles. The van der Waals surface area contributed by atoms with Crippen molar-refractivity contribution in [3.63, 3.8) is 0 Å². The van der Waals surface area contributed by atoms with Crippen LogP contribution in [0, 0.1) is 11.3 Å². The van der Waals surface area contributed by atoms with Gasteiger partial charge in [0.25, 0.3) is 16.4 Å². The van der Waals surface area contributed by atoms with E-state index in [1.165, 1.54) is 36.4 Å². The van der Waals surface area contributed by atoms with Crippen LogP contribution in [0.1, 0.15) is 17.7 Å². The molecule has 0 saturated carbocycles. The number of hydrogen-bond acceptors (Lipinski definition) is 4. The van der Waals surface area contributed by atoms with Gasteiger partial charge in [-0.15, -0.1) is 0 Å². The lowest BCUT2D eigenvalue weighted by atomic mass is 10.1. The number of nitrogens with zero attached hydrogens (tertiary/aromatic N) is 3. The average Bonchev–Trinajstić information content (AvgIpc) is 3.06.